The molecule has 62 heavy (non-hydrogen) atoms. The van der Waals surface area contributed by atoms with E-state index < -0.39 is 72.3 Å². The maximum Gasteiger partial charge on any atom is 0.326 e. The fourth-order valence-electron chi connectivity index (χ4n) is 6.96. The third kappa shape index (κ3) is 11.8. The summed E-state index contributed by atoms with van der Waals surface area (Å²) in [5.74, 6) is -4.29. The Labute approximate surface area is 364 Å². The number of amides is 5. The van der Waals surface area contributed by atoms with Gasteiger partial charge in [0.25, 0.3) is 5.91 Å². The van der Waals surface area contributed by atoms with Crippen LogP contribution in [0.5, 0.6) is 5.75 Å². The summed E-state index contributed by atoms with van der Waals surface area (Å²) in [6, 6.07) is 30.5. The number of fused-ring (bicyclic) bond motifs is 16. The number of nitrogens with zero attached hydrogens (tertiary/aromatic N) is 1. The van der Waals surface area contributed by atoms with Crippen molar-refractivity contribution < 1.29 is 38.6 Å². The van der Waals surface area contributed by atoms with E-state index in [-0.39, 0.29) is 19.3 Å². The summed E-state index contributed by atoms with van der Waals surface area (Å²) in [6.07, 6.45) is 0.436. The highest BCUT2D eigenvalue weighted by atomic mass is 32.1. The molecular weight excluding hydrogens is 807 g/mol. The quantitative estimate of drug-likeness (QED) is 0.117. The van der Waals surface area contributed by atoms with Crippen molar-refractivity contribution in [1.82, 2.24) is 26.2 Å². The number of hydrogen-bond donors (Lipinski definition) is 5. The summed E-state index contributed by atoms with van der Waals surface area (Å²) < 4.78 is 5.77. The van der Waals surface area contributed by atoms with E-state index in [1.165, 1.54) is 25.3 Å². The first-order valence-electron chi connectivity index (χ1n) is 20.2. The molecule has 7 rings (SSSR count). The lowest BCUT2D eigenvalue weighted by Crippen LogP contribution is -2.59. The number of rotatable bonds is 11. The molecule has 5 aromatic rings. The van der Waals surface area contributed by atoms with Crippen molar-refractivity contribution in [3.63, 3.8) is 0 Å². The molecule has 0 spiro atoms. The number of aliphatic carboxylic acids is 1. The first-order valence-corrected chi connectivity index (χ1v) is 21.1. The van der Waals surface area contributed by atoms with E-state index >= 15 is 0 Å². The average molecular weight is 856 g/mol. The Morgan fingerprint density at radius 3 is 2.03 bits per heavy atom. The normalized spacial score (nSPS) is 19.2. The fourth-order valence-corrected chi connectivity index (χ4v) is 7.69. The van der Waals surface area contributed by atoms with Crippen LogP contribution in [0.4, 0.5) is 0 Å². The molecule has 0 radical (unpaired) electrons. The van der Waals surface area contributed by atoms with Crippen LogP contribution in [-0.2, 0) is 48.0 Å². The molecule has 4 aromatic carbocycles. The van der Waals surface area contributed by atoms with Gasteiger partial charge < -0.3 is 36.0 Å². The van der Waals surface area contributed by atoms with Crippen molar-refractivity contribution in [3.05, 3.63) is 155 Å². The second-order valence-electron chi connectivity index (χ2n) is 15.1. The number of carbonyl (C=O) groups is 6. The van der Waals surface area contributed by atoms with E-state index in [9.17, 15) is 33.9 Å². The lowest BCUT2D eigenvalue weighted by atomic mass is 9.98. The van der Waals surface area contributed by atoms with Crippen molar-refractivity contribution in [1.29, 1.82) is 0 Å². The van der Waals surface area contributed by atoms with E-state index in [4.69, 9.17) is 4.74 Å². The highest BCUT2D eigenvalue weighted by molar-refractivity contribution is 7.11. The standard InChI is InChI=1S/C48H49N5O8S/c1-30(41-15-10-26-62-41)43-46(57)50-39(27-33-16-21-36(22-17-33)35-13-8-5-9-14-35)45(56)49-38(25-20-32-11-6-4-7-12-32)44(55)51-40(47(58)53(3)31(2)48(59)60)28-34-18-23-37(24-19-34)61-29-42(54)52-43/h4-19,21-24,26,31,38-40,43H,1,20,25,27-29H2,2-3H3,(H,49,56)(H,50,57)(H,51,55)(H,52,54)(H,59,60)/t31-,38-,39+,40-,43-/m0/s1. The summed E-state index contributed by atoms with van der Waals surface area (Å²) >= 11 is 1.33. The summed E-state index contributed by atoms with van der Waals surface area (Å²) in [7, 11) is 1.35. The van der Waals surface area contributed by atoms with Gasteiger partial charge in [-0.25, -0.2) is 4.79 Å². The Bertz CT molecular complexity index is 2360. The second kappa shape index (κ2) is 21.0. The molecule has 2 aliphatic heterocycles. The second-order valence-corrected chi connectivity index (χ2v) is 16.0. The van der Waals surface area contributed by atoms with E-state index in [2.05, 4.69) is 27.8 Å². The van der Waals surface area contributed by atoms with Crippen LogP contribution in [0.25, 0.3) is 16.7 Å². The van der Waals surface area contributed by atoms with E-state index in [1.54, 1.807) is 36.4 Å². The van der Waals surface area contributed by atoms with Crippen molar-refractivity contribution in [2.45, 2.75) is 62.8 Å². The number of nitrogens with one attached hydrogen (secondary N) is 4. The monoisotopic (exact) mass is 855 g/mol. The number of ether oxygens (including phenoxy) is 1. The molecule has 5 N–H and O–H groups in total. The highest BCUT2D eigenvalue weighted by Gasteiger charge is 2.35. The van der Waals surface area contributed by atoms with Gasteiger partial charge in [-0.05, 0) is 76.7 Å². The summed E-state index contributed by atoms with van der Waals surface area (Å²) in [4.78, 5) is 84.5. The number of likely N-dealkylation sites (N-methyl/N-ethyl adjacent to an activating group) is 1. The van der Waals surface area contributed by atoms with E-state index in [0.29, 0.717) is 33.7 Å². The molecule has 320 valence electrons. The first-order chi connectivity index (χ1) is 29.9. The van der Waals surface area contributed by atoms with Crippen molar-refractivity contribution in [2.75, 3.05) is 13.7 Å². The van der Waals surface area contributed by atoms with Gasteiger partial charge in [0.15, 0.2) is 6.61 Å². The minimum atomic E-state index is -1.31. The van der Waals surface area contributed by atoms with Crippen LogP contribution in [0.2, 0.25) is 0 Å². The van der Waals surface area contributed by atoms with Crippen molar-refractivity contribution in [3.8, 4) is 16.9 Å². The third-order valence-corrected chi connectivity index (χ3v) is 11.7. The molecule has 0 fully saturated rings. The Hall–Kier alpha value is -7.06. The fraction of sp³-hybridized carbons (Fsp3) is 0.250. The average Bonchev–Trinajstić information content (AvgIpc) is 3.84. The van der Waals surface area contributed by atoms with Gasteiger partial charge in [-0.3, -0.25) is 24.0 Å². The minimum absolute atomic E-state index is 0.00187. The molecule has 0 saturated heterocycles. The lowest BCUT2D eigenvalue weighted by molar-refractivity contribution is -0.149. The molecular formula is C48H49N5O8S. The van der Waals surface area contributed by atoms with Crippen LogP contribution in [-0.4, -0.2) is 89.4 Å². The van der Waals surface area contributed by atoms with Crippen LogP contribution in [0.15, 0.2) is 133 Å². The SMILES string of the molecule is C=C(c1cccs1)[C@@H]1NC(=O)COc2ccc(cc2)C[C@@H](C(=O)N(C)[C@@H](C)C(=O)O)NC(=O)[C@H](CCc2ccccc2)NC(=O)[C@@H](Cc2ccc(-c3ccccc3)cc2)NC1=O. The van der Waals surface area contributed by atoms with Crippen molar-refractivity contribution in [2.24, 2.45) is 0 Å². The minimum Gasteiger partial charge on any atom is -0.484 e. The third-order valence-electron chi connectivity index (χ3n) is 10.7. The zero-order valence-electron chi connectivity index (χ0n) is 34.4. The van der Waals surface area contributed by atoms with Gasteiger partial charge >= 0.3 is 5.97 Å². The van der Waals surface area contributed by atoms with Crippen LogP contribution in [0.3, 0.4) is 0 Å². The van der Waals surface area contributed by atoms with Gasteiger partial charge in [-0.2, -0.15) is 0 Å². The Morgan fingerprint density at radius 2 is 1.39 bits per heavy atom. The molecule has 3 heterocycles. The number of thiophene rings is 1. The number of carboxylic acid groups (broad SMARTS) is 1. The van der Waals surface area contributed by atoms with Gasteiger partial charge in [0.2, 0.25) is 23.6 Å². The van der Waals surface area contributed by atoms with Crippen LogP contribution in [0, 0.1) is 0 Å². The smallest absolute Gasteiger partial charge is 0.326 e. The van der Waals surface area contributed by atoms with Crippen LogP contribution >= 0.6 is 11.3 Å². The largest absolute Gasteiger partial charge is 0.484 e. The Balaban J connectivity index is 1.38. The molecule has 2 aliphatic rings. The number of aryl methyl sites for hydroxylation is 1. The molecule has 0 unspecified atom stereocenters. The predicted molar refractivity (Wildman–Crippen MR) is 237 cm³/mol. The molecule has 2 bridgehead atoms. The van der Waals surface area contributed by atoms with Crippen molar-refractivity contribution >= 4 is 52.4 Å². The highest BCUT2D eigenvalue weighted by Crippen LogP contribution is 2.24. The molecule has 14 heteroatoms. The Kier molecular flexibility index (Phi) is 15.0. The first kappa shape index (κ1) is 44.5. The van der Waals surface area contributed by atoms with Gasteiger partial charge in [0.1, 0.15) is 36.0 Å². The van der Waals surface area contributed by atoms with Gasteiger partial charge in [0, 0.05) is 24.8 Å². The molecule has 0 saturated carbocycles. The van der Waals surface area contributed by atoms with E-state index in [1.807, 2.05) is 90.3 Å². The molecule has 1 aromatic heterocycles. The van der Waals surface area contributed by atoms with E-state index in [0.717, 1.165) is 21.6 Å². The predicted octanol–water partition coefficient (Wildman–Crippen LogP) is 4.81. The zero-order chi connectivity index (χ0) is 44.2. The number of carbonyl (C=O) groups excluding carboxylic acids is 5. The molecule has 13 nitrogen and oxygen atoms in total. The van der Waals surface area contributed by atoms with Gasteiger partial charge in [0.05, 0.1) is 0 Å². The summed E-state index contributed by atoms with van der Waals surface area (Å²) in [5, 5.41) is 22.8. The number of hydrogen-bond acceptors (Lipinski definition) is 8. The molecule has 5 amide bonds. The lowest BCUT2D eigenvalue weighted by Gasteiger charge is -2.29. The number of benzene rings is 4. The maximum absolute atomic E-state index is 14.6. The topological polar surface area (TPSA) is 183 Å². The zero-order valence-corrected chi connectivity index (χ0v) is 35.2. The maximum atomic E-state index is 14.6. The number of carboxylic acids is 1. The molecule has 0 aliphatic carbocycles. The van der Waals surface area contributed by atoms with Crippen LogP contribution in [0.1, 0.15) is 34.9 Å². The van der Waals surface area contributed by atoms with Crippen LogP contribution < -0.4 is 26.0 Å². The van der Waals surface area contributed by atoms with Gasteiger partial charge in [-0.1, -0.05) is 110 Å². The Morgan fingerprint density at radius 1 is 0.758 bits per heavy atom. The van der Waals surface area contributed by atoms with Gasteiger partial charge in [-0.15, -0.1) is 11.3 Å². The summed E-state index contributed by atoms with van der Waals surface area (Å²) in [6.45, 7) is 5.05. The molecule has 5 atom stereocenters. The summed E-state index contributed by atoms with van der Waals surface area (Å²) in [5.41, 5.74) is 4.43.